The predicted octanol–water partition coefficient (Wildman–Crippen LogP) is 4.65. The fraction of sp³-hybridized carbons (Fsp3) is 0.579. The van der Waals surface area contributed by atoms with Gasteiger partial charge in [0.25, 0.3) is 0 Å². The molecule has 0 amide bonds. The van der Waals surface area contributed by atoms with E-state index < -0.39 is 6.36 Å². The highest BCUT2D eigenvalue weighted by molar-refractivity contribution is 5.34. The number of hydrogen-bond donors (Lipinski definition) is 1. The van der Waals surface area contributed by atoms with Gasteiger partial charge in [0.1, 0.15) is 5.75 Å². The summed E-state index contributed by atoms with van der Waals surface area (Å²) < 4.78 is 46.2. The Balaban J connectivity index is 2.07. The molecule has 2 rings (SSSR count). The highest BCUT2D eigenvalue weighted by Crippen LogP contribution is 2.31. The first-order valence-electron chi connectivity index (χ1n) is 8.62. The second kappa shape index (κ2) is 8.72. The van der Waals surface area contributed by atoms with Crippen molar-refractivity contribution in [2.45, 2.75) is 45.0 Å². The fourth-order valence-electron chi connectivity index (χ4n) is 2.95. The molecular formula is C19H26F3NO2. The first-order chi connectivity index (χ1) is 11.8. The van der Waals surface area contributed by atoms with E-state index >= 15 is 0 Å². The SMILES string of the molecule is C=C(C(C)C)[C@H](CNC1CCOCC1)c1ccc(OC(F)(F)F)cc1. The van der Waals surface area contributed by atoms with Gasteiger partial charge in [-0.15, -0.1) is 13.2 Å². The summed E-state index contributed by atoms with van der Waals surface area (Å²) >= 11 is 0. The highest BCUT2D eigenvalue weighted by atomic mass is 19.4. The molecule has 1 aliphatic heterocycles. The lowest BCUT2D eigenvalue weighted by atomic mass is 9.85. The zero-order valence-corrected chi connectivity index (χ0v) is 14.7. The smallest absolute Gasteiger partial charge is 0.406 e. The Morgan fingerprint density at radius 2 is 1.84 bits per heavy atom. The minimum atomic E-state index is -4.67. The molecule has 1 aliphatic rings. The van der Waals surface area contributed by atoms with Crippen molar-refractivity contribution in [3.8, 4) is 5.75 Å². The summed E-state index contributed by atoms with van der Waals surface area (Å²) in [7, 11) is 0. The van der Waals surface area contributed by atoms with Crippen molar-refractivity contribution in [1.29, 1.82) is 0 Å². The molecule has 1 aromatic carbocycles. The molecule has 25 heavy (non-hydrogen) atoms. The normalized spacial score (nSPS) is 17.5. The predicted molar refractivity (Wildman–Crippen MR) is 91.7 cm³/mol. The molecule has 1 fully saturated rings. The molecule has 140 valence electrons. The van der Waals surface area contributed by atoms with Crippen molar-refractivity contribution in [2.24, 2.45) is 5.92 Å². The summed E-state index contributed by atoms with van der Waals surface area (Å²) in [6.45, 7) is 10.6. The average Bonchev–Trinajstić information content (AvgIpc) is 2.55. The van der Waals surface area contributed by atoms with Crippen LogP contribution in [0, 0.1) is 5.92 Å². The van der Waals surface area contributed by atoms with Gasteiger partial charge in [0.05, 0.1) is 0 Å². The van der Waals surface area contributed by atoms with Gasteiger partial charge < -0.3 is 14.8 Å². The van der Waals surface area contributed by atoms with Crippen LogP contribution in [0.15, 0.2) is 36.4 Å². The van der Waals surface area contributed by atoms with Crippen molar-refractivity contribution in [3.63, 3.8) is 0 Å². The zero-order valence-electron chi connectivity index (χ0n) is 14.7. The van der Waals surface area contributed by atoms with Crippen LogP contribution in [-0.2, 0) is 4.74 Å². The van der Waals surface area contributed by atoms with Gasteiger partial charge in [-0.2, -0.15) is 0 Å². The van der Waals surface area contributed by atoms with Crippen molar-refractivity contribution >= 4 is 0 Å². The van der Waals surface area contributed by atoms with Gasteiger partial charge in [0, 0.05) is 31.7 Å². The van der Waals surface area contributed by atoms with Crippen LogP contribution in [0.4, 0.5) is 13.2 Å². The van der Waals surface area contributed by atoms with Gasteiger partial charge in [0.15, 0.2) is 0 Å². The lowest BCUT2D eigenvalue weighted by molar-refractivity contribution is -0.274. The second-order valence-electron chi connectivity index (χ2n) is 6.69. The number of nitrogens with one attached hydrogen (secondary N) is 1. The minimum Gasteiger partial charge on any atom is -0.406 e. The zero-order chi connectivity index (χ0) is 18.4. The van der Waals surface area contributed by atoms with E-state index in [2.05, 4.69) is 30.5 Å². The maximum absolute atomic E-state index is 12.3. The van der Waals surface area contributed by atoms with E-state index in [1.54, 1.807) is 12.1 Å². The van der Waals surface area contributed by atoms with Gasteiger partial charge in [-0.1, -0.05) is 38.1 Å². The molecule has 1 atom stereocenters. The maximum atomic E-state index is 12.3. The third-order valence-electron chi connectivity index (χ3n) is 4.54. The molecule has 0 unspecified atom stereocenters. The van der Waals surface area contributed by atoms with Gasteiger partial charge >= 0.3 is 6.36 Å². The summed E-state index contributed by atoms with van der Waals surface area (Å²) in [5.41, 5.74) is 2.00. The van der Waals surface area contributed by atoms with E-state index in [-0.39, 0.29) is 17.6 Å². The van der Waals surface area contributed by atoms with E-state index in [4.69, 9.17) is 4.74 Å². The van der Waals surface area contributed by atoms with Gasteiger partial charge in [0.2, 0.25) is 0 Å². The number of rotatable bonds is 7. The van der Waals surface area contributed by atoms with E-state index in [1.807, 2.05) is 0 Å². The maximum Gasteiger partial charge on any atom is 0.573 e. The molecule has 0 saturated carbocycles. The molecule has 1 heterocycles. The van der Waals surface area contributed by atoms with Crippen molar-refractivity contribution in [3.05, 3.63) is 42.0 Å². The summed E-state index contributed by atoms with van der Waals surface area (Å²) in [6, 6.07) is 6.50. The third-order valence-corrected chi connectivity index (χ3v) is 4.54. The molecule has 1 N–H and O–H groups in total. The second-order valence-corrected chi connectivity index (χ2v) is 6.69. The molecule has 1 aromatic rings. The summed E-state index contributed by atoms with van der Waals surface area (Å²) in [5.74, 6) is 0.123. The minimum absolute atomic E-state index is 0.0442. The Kier molecular flexibility index (Phi) is 6.90. The van der Waals surface area contributed by atoms with Crippen molar-refractivity contribution in [1.82, 2.24) is 5.32 Å². The molecule has 0 aliphatic carbocycles. The van der Waals surface area contributed by atoms with Crippen molar-refractivity contribution < 1.29 is 22.6 Å². The average molecular weight is 357 g/mol. The Bertz CT molecular complexity index is 549. The number of alkyl halides is 3. The lowest BCUT2D eigenvalue weighted by Gasteiger charge is -2.28. The molecule has 0 bridgehead atoms. The quantitative estimate of drug-likeness (QED) is 0.721. The standard InChI is InChI=1S/C19H26F3NO2/c1-13(2)14(3)18(12-23-16-8-10-24-11-9-16)15-4-6-17(7-5-15)25-19(20,21)22/h4-7,13,16,18,23H,3,8-12H2,1-2H3/t18-/m0/s1. The van der Waals surface area contributed by atoms with Crippen LogP contribution in [0.2, 0.25) is 0 Å². The number of hydrogen-bond acceptors (Lipinski definition) is 3. The van der Waals surface area contributed by atoms with E-state index in [9.17, 15) is 13.2 Å². The fourth-order valence-corrected chi connectivity index (χ4v) is 2.95. The van der Waals surface area contributed by atoms with Crippen LogP contribution < -0.4 is 10.1 Å². The van der Waals surface area contributed by atoms with Gasteiger partial charge in [-0.25, -0.2) is 0 Å². The van der Waals surface area contributed by atoms with E-state index in [0.717, 1.165) is 37.2 Å². The van der Waals surface area contributed by atoms with Crippen LogP contribution in [0.25, 0.3) is 0 Å². The number of benzene rings is 1. The van der Waals surface area contributed by atoms with Crippen LogP contribution in [0.1, 0.15) is 38.2 Å². The number of ether oxygens (including phenoxy) is 2. The lowest BCUT2D eigenvalue weighted by Crippen LogP contribution is -2.37. The van der Waals surface area contributed by atoms with Gasteiger partial charge in [-0.3, -0.25) is 0 Å². The van der Waals surface area contributed by atoms with E-state index in [0.29, 0.717) is 12.6 Å². The molecule has 3 nitrogen and oxygen atoms in total. The summed E-state index contributed by atoms with van der Waals surface area (Å²) in [4.78, 5) is 0. The Morgan fingerprint density at radius 3 is 2.36 bits per heavy atom. The monoisotopic (exact) mass is 357 g/mol. The first kappa shape index (κ1) is 19.8. The van der Waals surface area contributed by atoms with Crippen LogP contribution >= 0.6 is 0 Å². The highest BCUT2D eigenvalue weighted by Gasteiger charge is 2.31. The summed E-state index contributed by atoms with van der Waals surface area (Å²) in [5, 5.41) is 3.56. The largest absolute Gasteiger partial charge is 0.573 e. The molecule has 6 heteroatoms. The van der Waals surface area contributed by atoms with E-state index in [1.165, 1.54) is 12.1 Å². The molecule has 0 spiro atoms. The Hall–Kier alpha value is -1.53. The topological polar surface area (TPSA) is 30.5 Å². The Labute approximate surface area is 147 Å². The molecular weight excluding hydrogens is 331 g/mol. The van der Waals surface area contributed by atoms with Gasteiger partial charge in [-0.05, 0) is 36.5 Å². The summed E-state index contributed by atoms with van der Waals surface area (Å²) in [6.07, 6.45) is -2.73. The van der Waals surface area contributed by atoms with Crippen LogP contribution in [0.3, 0.4) is 0 Å². The number of halogens is 3. The van der Waals surface area contributed by atoms with Crippen LogP contribution in [0.5, 0.6) is 5.75 Å². The van der Waals surface area contributed by atoms with Crippen LogP contribution in [-0.4, -0.2) is 32.2 Å². The molecule has 1 saturated heterocycles. The molecule has 0 aromatic heterocycles. The Morgan fingerprint density at radius 1 is 1.24 bits per heavy atom. The van der Waals surface area contributed by atoms with Crippen molar-refractivity contribution in [2.75, 3.05) is 19.8 Å². The third kappa shape index (κ3) is 6.36. The first-order valence-corrected chi connectivity index (χ1v) is 8.62. The molecule has 0 radical (unpaired) electrons.